The van der Waals surface area contributed by atoms with Gasteiger partial charge >= 0.3 is 0 Å². The van der Waals surface area contributed by atoms with E-state index in [0.29, 0.717) is 23.8 Å². The van der Waals surface area contributed by atoms with Gasteiger partial charge in [-0.2, -0.15) is 0 Å². The van der Waals surface area contributed by atoms with Crippen LogP contribution in [0.2, 0.25) is 0 Å². The van der Waals surface area contributed by atoms with Gasteiger partial charge in [-0.3, -0.25) is 9.59 Å². The van der Waals surface area contributed by atoms with E-state index in [0.717, 1.165) is 55.2 Å². The molecule has 2 aromatic rings. The molecule has 4 rings (SSSR count). The van der Waals surface area contributed by atoms with Crippen LogP contribution in [-0.4, -0.2) is 65.1 Å². The Kier molecular flexibility index (Phi) is 7.49. The first kappa shape index (κ1) is 23.5. The van der Waals surface area contributed by atoms with Gasteiger partial charge in [-0.1, -0.05) is 11.3 Å². The van der Waals surface area contributed by atoms with E-state index < -0.39 is 0 Å². The number of piperidine rings is 1. The first-order valence-corrected chi connectivity index (χ1v) is 12.5. The summed E-state index contributed by atoms with van der Waals surface area (Å²) in [7, 11) is 2.11. The zero-order valence-corrected chi connectivity index (χ0v) is 20.1. The van der Waals surface area contributed by atoms with E-state index in [4.69, 9.17) is 0 Å². The molecule has 1 aromatic carbocycles. The number of nitrogens with one attached hydrogen (secondary N) is 2. The third-order valence-corrected chi connectivity index (χ3v) is 7.56. The van der Waals surface area contributed by atoms with Crippen LogP contribution in [0.5, 0.6) is 0 Å². The fraction of sp³-hybridized carbons (Fsp3) is 0.542. The van der Waals surface area contributed by atoms with Crippen LogP contribution in [0.25, 0.3) is 0 Å². The largest absolute Gasteiger partial charge is 0.393 e. The SMILES string of the molecule is CC(=O)Nc1ccc(C(=O)N2CCC[C@@H](Nc3ncc(N(C)C4CCC(O)CC4)s3)C2)cc1. The van der Waals surface area contributed by atoms with Crippen LogP contribution in [0, 0.1) is 0 Å². The van der Waals surface area contributed by atoms with Crippen molar-refractivity contribution < 1.29 is 14.7 Å². The van der Waals surface area contributed by atoms with Crippen molar-refractivity contribution in [2.75, 3.05) is 35.7 Å². The smallest absolute Gasteiger partial charge is 0.253 e. The van der Waals surface area contributed by atoms with Gasteiger partial charge in [0, 0.05) is 50.4 Å². The molecule has 1 saturated carbocycles. The van der Waals surface area contributed by atoms with E-state index >= 15 is 0 Å². The monoisotopic (exact) mass is 471 g/mol. The van der Waals surface area contributed by atoms with E-state index in [2.05, 4.69) is 27.6 Å². The Morgan fingerprint density at radius 3 is 2.58 bits per heavy atom. The highest BCUT2D eigenvalue weighted by Crippen LogP contribution is 2.32. The van der Waals surface area contributed by atoms with E-state index in [1.165, 1.54) is 6.92 Å². The Hall–Kier alpha value is -2.65. The van der Waals surface area contributed by atoms with Crippen molar-refractivity contribution in [3.63, 3.8) is 0 Å². The number of thiazole rings is 1. The maximum absolute atomic E-state index is 13.0. The summed E-state index contributed by atoms with van der Waals surface area (Å²) in [6.45, 7) is 2.84. The first-order chi connectivity index (χ1) is 15.9. The lowest BCUT2D eigenvalue weighted by Crippen LogP contribution is -2.45. The van der Waals surface area contributed by atoms with Crippen LogP contribution in [0.3, 0.4) is 0 Å². The minimum atomic E-state index is -0.152. The van der Waals surface area contributed by atoms with Gasteiger partial charge in [0.25, 0.3) is 5.91 Å². The van der Waals surface area contributed by atoms with Gasteiger partial charge in [0.05, 0.1) is 12.3 Å². The molecule has 2 heterocycles. The lowest BCUT2D eigenvalue weighted by atomic mass is 9.92. The van der Waals surface area contributed by atoms with Gasteiger partial charge < -0.3 is 25.5 Å². The lowest BCUT2D eigenvalue weighted by molar-refractivity contribution is -0.114. The average Bonchev–Trinajstić information content (AvgIpc) is 3.27. The van der Waals surface area contributed by atoms with Crippen LogP contribution in [0.1, 0.15) is 55.8 Å². The van der Waals surface area contributed by atoms with Crippen molar-refractivity contribution in [3.05, 3.63) is 36.0 Å². The third-order valence-electron chi connectivity index (χ3n) is 6.54. The number of aliphatic hydroxyl groups is 1. The summed E-state index contributed by atoms with van der Waals surface area (Å²) in [5.41, 5.74) is 1.31. The normalized spacial score (nSPS) is 23.1. The number of hydrogen-bond acceptors (Lipinski definition) is 7. The standard InChI is InChI=1S/C24H33N5O3S/c1-16(30)26-18-7-5-17(6-8-18)23(32)29-13-3-4-19(15-29)27-24-25-14-22(33-24)28(2)20-9-11-21(31)12-10-20/h5-8,14,19-21,31H,3-4,9-13,15H2,1-2H3,(H,25,27)(H,26,30)/t19-,20?,21?/m1/s1. The highest BCUT2D eigenvalue weighted by atomic mass is 32.1. The zero-order chi connectivity index (χ0) is 23.4. The topological polar surface area (TPSA) is 97.8 Å². The summed E-state index contributed by atoms with van der Waals surface area (Å²) in [6, 6.07) is 7.65. The summed E-state index contributed by atoms with van der Waals surface area (Å²) >= 11 is 1.64. The Labute approximate surface area is 199 Å². The molecule has 9 heteroatoms. The number of likely N-dealkylation sites (tertiary alicyclic amines) is 1. The minimum absolute atomic E-state index is 0.00919. The number of anilines is 3. The van der Waals surface area contributed by atoms with Gasteiger partial charge in [0.1, 0.15) is 5.00 Å². The van der Waals surface area contributed by atoms with Gasteiger partial charge in [-0.25, -0.2) is 4.98 Å². The quantitative estimate of drug-likeness (QED) is 0.596. The second-order valence-electron chi connectivity index (χ2n) is 9.07. The summed E-state index contributed by atoms with van der Waals surface area (Å²) < 4.78 is 0. The van der Waals surface area contributed by atoms with Gasteiger partial charge in [0.2, 0.25) is 5.91 Å². The van der Waals surface area contributed by atoms with Crippen LogP contribution in [0.15, 0.2) is 30.5 Å². The minimum Gasteiger partial charge on any atom is -0.393 e. The fourth-order valence-corrected chi connectivity index (χ4v) is 5.58. The van der Waals surface area contributed by atoms with Crippen LogP contribution >= 0.6 is 11.3 Å². The Morgan fingerprint density at radius 2 is 1.88 bits per heavy atom. The van der Waals surface area contributed by atoms with E-state index in [9.17, 15) is 14.7 Å². The molecule has 33 heavy (non-hydrogen) atoms. The summed E-state index contributed by atoms with van der Waals surface area (Å²) in [5.74, 6) is -0.122. The Morgan fingerprint density at radius 1 is 1.15 bits per heavy atom. The molecule has 0 bridgehead atoms. The fourth-order valence-electron chi connectivity index (χ4n) is 4.66. The predicted molar refractivity (Wildman–Crippen MR) is 132 cm³/mol. The van der Waals surface area contributed by atoms with E-state index in [1.54, 1.807) is 35.6 Å². The molecule has 0 radical (unpaired) electrons. The molecule has 2 amide bonds. The molecular formula is C24H33N5O3S. The number of amides is 2. The van der Waals surface area contributed by atoms with E-state index in [1.807, 2.05) is 11.1 Å². The average molecular weight is 472 g/mol. The maximum atomic E-state index is 13.0. The molecule has 1 saturated heterocycles. The molecule has 2 aliphatic rings. The molecule has 1 aromatic heterocycles. The predicted octanol–water partition coefficient (Wildman–Crippen LogP) is 3.56. The molecule has 1 atom stereocenters. The Balaban J connectivity index is 1.32. The summed E-state index contributed by atoms with van der Waals surface area (Å²) in [5, 5.41) is 18.0. The second-order valence-corrected chi connectivity index (χ2v) is 10.1. The molecule has 178 valence electrons. The molecule has 3 N–H and O–H groups in total. The summed E-state index contributed by atoms with van der Waals surface area (Å²) in [6.07, 6.45) is 7.43. The maximum Gasteiger partial charge on any atom is 0.253 e. The number of carbonyl (C=O) groups is 2. The second kappa shape index (κ2) is 10.5. The van der Waals surface area contributed by atoms with Crippen molar-refractivity contribution in [1.29, 1.82) is 0 Å². The number of hydrogen-bond donors (Lipinski definition) is 3. The van der Waals surface area contributed by atoms with Crippen LogP contribution in [0.4, 0.5) is 15.8 Å². The highest BCUT2D eigenvalue weighted by molar-refractivity contribution is 7.19. The van der Waals surface area contributed by atoms with Gasteiger partial charge in [0.15, 0.2) is 5.13 Å². The van der Waals surface area contributed by atoms with Gasteiger partial charge in [-0.15, -0.1) is 0 Å². The molecular weight excluding hydrogens is 438 g/mol. The van der Waals surface area contributed by atoms with Crippen LogP contribution in [-0.2, 0) is 4.79 Å². The number of benzene rings is 1. The molecule has 2 fully saturated rings. The van der Waals surface area contributed by atoms with Crippen molar-refractivity contribution in [1.82, 2.24) is 9.88 Å². The Bertz CT molecular complexity index is 955. The number of aliphatic hydroxyl groups excluding tert-OH is 1. The third kappa shape index (κ3) is 6.03. The number of nitrogens with zero attached hydrogens (tertiary/aromatic N) is 3. The number of carbonyl (C=O) groups excluding carboxylic acids is 2. The van der Waals surface area contributed by atoms with Crippen molar-refractivity contribution >= 4 is 39.0 Å². The van der Waals surface area contributed by atoms with Crippen molar-refractivity contribution in [2.24, 2.45) is 0 Å². The van der Waals surface area contributed by atoms with Crippen molar-refractivity contribution in [2.45, 2.75) is 63.6 Å². The zero-order valence-electron chi connectivity index (χ0n) is 19.3. The first-order valence-electron chi connectivity index (χ1n) is 11.7. The number of rotatable bonds is 6. The van der Waals surface area contributed by atoms with Crippen molar-refractivity contribution in [3.8, 4) is 0 Å². The summed E-state index contributed by atoms with van der Waals surface area (Å²) in [4.78, 5) is 32.9. The van der Waals surface area contributed by atoms with Crippen LogP contribution < -0.4 is 15.5 Å². The molecule has 0 unspecified atom stereocenters. The molecule has 1 aliphatic heterocycles. The van der Waals surface area contributed by atoms with E-state index in [-0.39, 0.29) is 24.0 Å². The molecule has 0 spiro atoms. The molecule has 8 nitrogen and oxygen atoms in total. The molecule has 1 aliphatic carbocycles. The lowest BCUT2D eigenvalue weighted by Gasteiger charge is -2.33. The van der Waals surface area contributed by atoms with Gasteiger partial charge in [-0.05, 0) is 62.8 Å². The number of aromatic nitrogens is 1. The highest BCUT2D eigenvalue weighted by Gasteiger charge is 2.27.